The van der Waals surface area contributed by atoms with E-state index >= 15 is 0 Å². The zero-order valence-corrected chi connectivity index (χ0v) is 18.2. The quantitative estimate of drug-likeness (QED) is 0.377. The summed E-state index contributed by atoms with van der Waals surface area (Å²) in [5, 5.41) is 8.32. The first-order valence-corrected chi connectivity index (χ1v) is 10.4. The second-order valence-corrected chi connectivity index (χ2v) is 7.40. The Hall–Kier alpha value is -3.90. The number of nitrogens with one attached hydrogen (secondary N) is 1. The zero-order chi connectivity index (χ0) is 22.3. The molecule has 0 spiro atoms. The lowest BCUT2D eigenvalue weighted by molar-refractivity contribution is 0.0957. The Morgan fingerprint density at radius 2 is 1.75 bits per heavy atom. The van der Waals surface area contributed by atoms with Crippen LogP contribution in [-0.4, -0.2) is 27.8 Å². The van der Waals surface area contributed by atoms with E-state index in [0.717, 1.165) is 22.4 Å². The van der Waals surface area contributed by atoms with Crippen LogP contribution in [0.15, 0.2) is 84.9 Å². The van der Waals surface area contributed by atoms with Gasteiger partial charge in [0, 0.05) is 23.2 Å². The highest BCUT2D eigenvalue weighted by Crippen LogP contribution is 2.22. The third-order valence-corrected chi connectivity index (χ3v) is 5.00. The lowest BCUT2D eigenvalue weighted by atomic mass is 10.2. The van der Waals surface area contributed by atoms with E-state index in [0.29, 0.717) is 23.3 Å². The number of hydrogen-bond donors (Lipinski definition) is 1. The van der Waals surface area contributed by atoms with E-state index in [9.17, 15) is 4.79 Å². The summed E-state index contributed by atoms with van der Waals surface area (Å²) in [5.41, 5.74) is 2.70. The van der Waals surface area contributed by atoms with Crippen LogP contribution >= 0.6 is 11.6 Å². The summed E-state index contributed by atoms with van der Waals surface area (Å²) in [4.78, 5) is 17.5. The largest absolute Gasteiger partial charge is 0.497 e. The normalized spacial score (nSPS) is 10.9. The fourth-order valence-corrected chi connectivity index (χ4v) is 3.16. The number of ether oxygens (including phenoxy) is 1. The number of halogens is 1. The summed E-state index contributed by atoms with van der Waals surface area (Å²) in [6.45, 7) is 0.510. The minimum Gasteiger partial charge on any atom is -0.497 e. The minimum absolute atomic E-state index is 0.317. The molecule has 1 heterocycles. The van der Waals surface area contributed by atoms with Gasteiger partial charge in [-0.2, -0.15) is 9.67 Å². The van der Waals surface area contributed by atoms with Gasteiger partial charge in [0.2, 0.25) is 5.95 Å². The van der Waals surface area contributed by atoms with Gasteiger partial charge in [0.15, 0.2) is 5.82 Å². The smallest absolute Gasteiger partial charge is 0.274 e. The van der Waals surface area contributed by atoms with Gasteiger partial charge in [0.25, 0.3) is 5.91 Å². The average Bonchev–Trinajstić information content (AvgIpc) is 3.27. The van der Waals surface area contributed by atoms with Crippen LogP contribution in [0.2, 0.25) is 5.02 Å². The Morgan fingerprint density at radius 3 is 2.44 bits per heavy atom. The SMILES string of the molecule is COc1ccc(-c2nc(NCc3ccccc3)n(C(=O)C=Cc3ccc(Cl)cc3)n2)cc1. The van der Waals surface area contributed by atoms with Gasteiger partial charge < -0.3 is 10.1 Å². The topological polar surface area (TPSA) is 69.0 Å². The van der Waals surface area contributed by atoms with Gasteiger partial charge in [0.05, 0.1) is 7.11 Å². The maximum absolute atomic E-state index is 12.9. The molecule has 0 bridgehead atoms. The van der Waals surface area contributed by atoms with Gasteiger partial charge >= 0.3 is 0 Å². The van der Waals surface area contributed by atoms with Crippen LogP contribution in [0.5, 0.6) is 5.75 Å². The van der Waals surface area contributed by atoms with Gasteiger partial charge in [-0.05, 0) is 53.6 Å². The Morgan fingerprint density at radius 1 is 1.03 bits per heavy atom. The molecule has 0 radical (unpaired) electrons. The summed E-state index contributed by atoms with van der Waals surface area (Å²) in [6.07, 6.45) is 3.18. The number of aromatic nitrogens is 3. The van der Waals surface area contributed by atoms with Gasteiger partial charge in [0.1, 0.15) is 5.75 Å². The number of benzene rings is 3. The van der Waals surface area contributed by atoms with Crippen molar-refractivity contribution in [2.24, 2.45) is 0 Å². The van der Waals surface area contributed by atoms with Crippen LogP contribution in [0, 0.1) is 0 Å². The van der Waals surface area contributed by atoms with Crippen molar-refractivity contribution in [3.63, 3.8) is 0 Å². The maximum Gasteiger partial charge on any atom is 0.274 e. The molecule has 0 fully saturated rings. The van der Waals surface area contributed by atoms with Gasteiger partial charge in [-0.3, -0.25) is 4.79 Å². The van der Waals surface area contributed by atoms with E-state index < -0.39 is 0 Å². The Kier molecular flexibility index (Phi) is 6.63. The molecule has 3 aromatic carbocycles. The van der Waals surface area contributed by atoms with Crippen molar-refractivity contribution in [2.45, 2.75) is 6.54 Å². The number of rotatable bonds is 7. The van der Waals surface area contributed by atoms with E-state index in [2.05, 4.69) is 15.4 Å². The van der Waals surface area contributed by atoms with Crippen LogP contribution in [-0.2, 0) is 6.54 Å². The number of carbonyl (C=O) groups excluding carboxylic acids is 1. The molecule has 0 aliphatic carbocycles. The molecule has 0 saturated heterocycles. The van der Waals surface area contributed by atoms with Crippen molar-refractivity contribution >= 4 is 29.5 Å². The molecule has 6 nitrogen and oxygen atoms in total. The predicted octanol–water partition coefficient (Wildman–Crippen LogP) is 5.57. The highest BCUT2D eigenvalue weighted by molar-refractivity contribution is 6.30. The van der Waals surface area contributed by atoms with Crippen LogP contribution in [0.4, 0.5) is 5.95 Å². The highest BCUT2D eigenvalue weighted by Gasteiger charge is 2.16. The molecule has 0 amide bonds. The number of carbonyl (C=O) groups is 1. The fraction of sp³-hybridized carbons (Fsp3) is 0.0800. The van der Waals surface area contributed by atoms with Crippen molar-refractivity contribution < 1.29 is 9.53 Å². The number of nitrogens with zero attached hydrogens (tertiary/aromatic N) is 3. The second-order valence-electron chi connectivity index (χ2n) is 6.96. The summed E-state index contributed by atoms with van der Waals surface area (Å²) in [7, 11) is 1.61. The van der Waals surface area contributed by atoms with Crippen molar-refractivity contribution in [3.05, 3.63) is 101 Å². The van der Waals surface area contributed by atoms with Crippen molar-refractivity contribution in [1.29, 1.82) is 0 Å². The molecular weight excluding hydrogens is 424 g/mol. The molecule has 0 aliphatic heterocycles. The van der Waals surface area contributed by atoms with Crippen LogP contribution in [0.3, 0.4) is 0 Å². The lowest BCUT2D eigenvalue weighted by Gasteiger charge is -2.05. The zero-order valence-electron chi connectivity index (χ0n) is 17.4. The van der Waals surface area contributed by atoms with E-state index in [1.165, 1.54) is 10.8 Å². The molecule has 0 aliphatic rings. The first-order valence-electron chi connectivity index (χ1n) is 9.99. The first-order chi connectivity index (χ1) is 15.6. The van der Waals surface area contributed by atoms with Gasteiger partial charge in [-0.25, -0.2) is 0 Å². The first kappa shape index (κ1) is 21.3. The number of methoxy groups -OCH3 is 1. The molecule has 4 aromatic rings. The van der Waals surface area contributed by atoms with Crippen molar-refractivity contribution in [3.8, 4) is 17.1 Å². The van der Waals surface area contributed by atoms with Gasteiger partial charge in [-0.1, -0.05) is 54.1 Å². The highest BCUT2D eigenvalue weighted by atomic mass is 35.5. The standard InChI is InChI=1S/C25H21ClN4O2/c1-32-22-14-10-20(11-15-22)24-28-25(27-17-19-5-3-2-4-6-19)30(29-24)23(31)16-9-18-7-12-21(26)13-8-18/h2-16H,17H2,1H3,(H,27,28,29). The average molecular weight is 445 g/mol. The molecule has 0 saturated carbocycles. The monoisotopic (exact) mass is 444 g/mol. The molecule has 7 heteroatoms. The Bertz CT molecular complexity index is 1220. The lowest BCUT2D eigenvalue weighted by Crippen LogP contribution is -2.14. The molecular formula is C25H21ClN4O2. The summed E-state index contributed by atoms with van der Waals surface area (Å²) in [6, 6.07) is 24.5. The van der Waals surface area contributed by atoms with E-state index in [1.54, 1.807) is 25.3 Å². The molecule has 0 unspecified atom stereocenters. The van der Waals surface area contributed by atoms with Crippen molar-refractivity contribution in [1.82, 2.24) is 14.8 Å². The molecule has 32 heavy (non-hydrogen) atoms. The molecule has 160 valence electrons. The molecule has 1 N–H and O–H groups in total. The second kappa shape index (κ2) is 9.94. The fourth-order valence-electron chi connectivity index (χ4n) is 3.03. The third-order valence-electron chi connectivity index (χ3n) is 4.75. The predicted molar refractivity (Wildman–Crippen MR) is 127 cm³/mol. The van der Waals surface area contributed by atoms with Crippen LogP contribution in [0.25, 0.3) is 17.5 Å². The third kappa shape index (κ3) is 5.22. The summed E-state index contributed by atoms with van der Waals surface area (Å²) < 4.78 is 6.48. The Balaban J connectivity index is 1.62. The summed E-state index contributed by atoms with van der Waals surface area (Å²) >= 11 is 5.93. The van der Waals surface area contributed by atoms with Crippen LogP contribution < -0.4 is 10.1 Å². The molecule has 0 atom stereocenters. The number of anilines is 1. The van der Waals surface area contributed by atoms with Gasteiger partial charge in [-0.15, -0.1) is 5.10 Å². The van der Waals surface area contributed by atoms with E-state index in [-0.39, 0.29) is 5.91 Å². The Labute approximate surface area is 191 Å². The van der Waals surface area contributed by atoms with E-state index in [1.807, 2.05) is 66.7 Å². The summed E-state index contributed by atoms with van der Waals surface area (Å²) in [5.74, 6) is 1.22. The van der Waals surface area contributed by atoms with Crippen LogP contribution in [0.1, 0.15) is 15.9 Å². The maximum atomic E-state index is 12.9. The number of allylic oxidation sites excluding steroid dienone is 1. The minimum atomic E-state index is -0.317. The van der Waals surface area contributed by atoms with E-state index in [4.69, 9.17) is 16.3 Å². The molecule has 1 aromatic heterocycles. The molecule has 4 rings (SSSR count). The number of hydrogen-bond acceptors (Lipinski definition) is 5. The van der Waals surface area contributed by atoms with Crippen molar-refractivity contribution in [2.75, 3.05) is 12.4 Å².